The van der Waals surface area contributed by atoms with Crippen molar-refractivity contribution < 1.29 is 162 Å². The highest BCUT2D eigenvalue weighted by Crippen LogP contribution is 2.32. The minimum Gasteiger partial charge on any atom is -0.465 e. The van der Waals surface area contributed by atoms with Crippen molar-refractivity contribution in [2.24, 2.45) is 0 Å². The van der Waals surface area contributed by atoms with Crippen LogP contribution < -0.4 is 33.2 Å². The molecule has 7 aromatic carbocycles. The third-order valence-corrected chi connectivity index (χ3v) is 19.0. The average Bonchev–Trinajstić information content (AvgIpc) is 1.64. The van der Waals surface area contributed by atoms with E-state index >= 15 is 0 Å². The molecule has 9 rings (SSSR count). The molecule has 2 saturated heterocycles. The van der Waals surface area contributed by atoms with Crippen LogP contribution >= 0.6 is 0 Å². The van der Waals surface area contributed by atoms with Crippen molar-refractivity contribution in [1.82, 2.24) is 0 Å². The van der Waals surface area contributed by atoms with Gasteiger partial charge in [0.05, 0.1) is 101 Å². The molecule has 0 spiro atoms. The normalized spacial score (nSPS) is 13.4. The summed E-state index contributed by atoms with van der Waals surface area (Å²) in [6, 6.07) is 41.3. The van der Waals surface area contributed by atoms with Crippen LogP contribution in [0.25, 0.3) is 0 Å². The maximum Gasteiger partial charge on any atom is 0.513 e. The predicted molar refractivity (Wildman–Crippen MR) is 477 cm³/mol. The topological polar surface area (TPSA) is 424 Å². The second-order valence-electron chi connectivity index (χ2n) is 28.9. The number of aryl methyl sites for hydroxylation is 2. The SMILES string of the molecule is C=CC(=O)OCCCCCCOC(=O)Oc1ccc(C(=O)OC)cc1.C=CC(=O)OCCCCCCOC(=O)Oc1ccc(C(=O)Oc2ccc(C(=O)O[C@H]3COC4C3OC[C@H]4OC)cc2)cc1.C=CC(=O)OCCCCCCOC(=O)Oc1ccc(C(=O)Oc2ccc(C(C)=O)cc2)cc1.C=CC(=O)OCCCCCCOC(=O)Oc1ccc(C(=O)Oc2ccc(C)c(C)c2)cc1. The summed E-state index contributed by atoms with van der Waals surface area (Å²) in [4.78, 5) is 163. The Morgan fingerprint density at radius 2 is 0.526 bits per heavy atom. The monoisotopic (exact) mass is 1840 g/mol. The van der Waals surface area contributed by atoms with E-state index in [1.54, 1.807) is 43.5 Å². The highest BCUT2D eigenvalue weighted by molar-refractivity contribution is 5.96. The lowest BCUT2D eigenvalue weighted by atomic mass is 10.1. The van der Waals surface area contributed by atoms with Crippen LogP contribution in [0.15, 0.2) is 214 Å². The van der Waals surface area contributed by atoms with Crippen LogP contribution in [0.5, 0.6) is 40.2 Å². The molecule has 2 fully saturated rings. The third-order valence-electron chi connectivity index (χ3n) is 19.0. The van der Waals surface area contributed by atoms with Crippen LogP contribution in [-0.4, -0.2) is 189 Å². The third kappa shape index (κ3) is 42.2. The van der Waals surface area contributed by atoms with Gasteiger partial charge in [0, 0.05) is 37.0 Å². The van der Waals surface area contributed by atoms with Crippen molar-refractivity contribution in [2.75, 3.05) is 80.3 Å². The predicted octanol–water partition coefficient (Wildman–Crippen LogP) is 17.6. The number of Topliss-reactive ketones (excluding diaryl/α,β-unsaturated/α-hetero) is 1. The van der Waals surface area contributed by atoms with Gasteiger partial charge in [0.25, 0.3) is 0 Å². The molecule has 0 saturated carbocycles. The molecule has 2 aliphatic rings. The number of methoxy groups -OCH3 is 2. The van der Waals surface area contributed by atoms with Crippen LogP contribution in [0, 0.1) is 13.8 Å². The number of ketones is 1. The number of benzene rings is 7. The Hall–Kier alpha value is -14.6. The van der Waals surface area contributed by atoms with Crippen molar-refractivity contribution in [2.45, 2.75) is 148 Å². The zero-order valence-electron chi connectivity index (χ0n) is 74.8. The molecule has 0 radical (unpaired) electrons. The molecule has 0 amide bonds. The number of unbranched alkanes of at least 4 members (excludes halogenated alkanes) is 12. The Bertz CT molecular complexity index is 4940. The van der Waals surface area contributed by atoms with Crippen molar-refractivity contribution in [3.8, 4) is 40.2 Å². The lowest BCUT2D eigenvalue weighted by molar-refractivity contribution is -0.138. The van der Waals surface area contributed by atoms with Gasteiger partial charge < -0.3 is 94.7 Å². The largest absolute Gasteiger partial charge is 0.513 e. The van der Waals surface area contributed by atoms with Crippen LogP contribution in [0.2, 0.25) is 0 Å². The van der Waals surface area contributed by atoms with E-state index in [4.69, 9.17) is 90.0 Å². The Kier molecular flexibility index (Phi) is 49.2. The van der Waals surface area contributed by atoms with Gasteiger partial charge in [-0.1, -0.05) is 32.4 Å². The Morgan fingerprint density at radius 1 is 0.286 bits per heavy atom. The average molecular weight is 1840 g/mol. The minimum atomic E-state index is -0.857. The first-order valence-corrected chi connectivity index (χ1v) is 42.7. The first-order valence-electron chi connectivity index (χ1n) is 42.7. The van der Waals surface area contributed by atoms with E-state index in [9.17, 15) is 67.1 Å². The summed E-state index contributed by atoms with van der Waals surface area (Å²) in [7, 11) is 2.87. The molecule has 0 aromatic heterocycles. The van der Waals surface area contributed by atoms with Gasteiger partial charge >= 0.3 is 78.3 Å². The molecular weight excluding hydrogens is 1730 g/mol. The summed E-state index contributed by atoms with van der Waals surface area (Å²) in [5.41, 5.74) is 4.15. The van der Waals surface area contributed by atoms with Crippen molar-refractivity contribution in [3.63, 3.8) is 0 Å². The molecule has 7 aromatic rings. The molecule has 34 nitrogen and oxygen atoms in total. The van der Waals surface area contributed by atoms with Crippen molar-refractivity contribution in [1.29, 1.82) is 0 Å². The number of hydrogen-bond acceptors (Lipinski definition) is 34. The number of esters is 9. The van der Waals surface area contributed by atoms with Gasteiger partial charge in [0.1, 0.15) is 58.6 Å². The van der Waals surface area contributed by atoms with E-state index < -0.39 is 84.4 Å². The number of rotatable bonds is 47. The first-order chi connectivity index (χ1) is 64.2. The molecule has 0 bridgehead atoms. The van der Waals surface area contributed by atoms with Crippen molar-refractivity contribution in [3.05, 3.63) is 259 Å². The van der Waals surface area contributed by atoms with Gasteiger partial charge in [-0.2, -0.15) is 0 Å². The Labute approximate surface area is 769 Å². The van der Waals surface area contributed by atoms with Gasteiger partial charge in [0.2, 0.25) is 0 Å². The second kappa shape index (κ2) is 61.0. The Balaban J connectivity index is 0.000000278. The zero-order chi connectivity index (χ0) is 96.5. The number of ether oxygens (including phenoxy) is 20. The van der Waals surface area contributed by atoms with Crippen molar-refractivity contribution >= 4 is 84.1 Å². The van der Waals surface area contributed by atoms with E-state index in [0.29, 0.717) is 93.3 Å². The molecular formula is C99H110O34. The minimum absolute atomic E-state index is 0.0780. The molecule has 710 valence electrons. The molecule has 133 heavy (non-hydrogen) atoms. The lowest BCUT2D eigenvalue weighted by Gasteiger charge is -2.16. The van der Waals surface area contributed by atoms with Crippen LogP contribution in [0.4, 0.5) is 19.2 Å². The fraction of sp³-hybridized carbons (Fsp3) is 0.354. The fourth-order valence-electron chi connectivity index (χ4n) is 11.7. The second-order valence-corrected chi connectivity index (χ2v) is 28.9. The molecule has 2 heterocycles. The summed E-state index contributed by atoms with van der Waals surface area (Å²) in [6.07, 6.45) is 12.0. The smallest absolute Gasteiger partial charge is 0.465 e. The summed E-state index contributed by atoms with van der Waals surface area (Å²) in [5.74, 6) is -2.56. The molecule has 2 unspecified atom stereocenters. The number of hydrogen-bond donors (Lipinski definition) is 0. The van der Waals surface area contributed by atoms with E-state index in [1.807, 2.05) is 19.9 Å². The van der Waals surface area contributed by atoms with Crippen LogP contribution in [0.1, 0.15) is 183 Å². The Morgan fingerprint density at radius 3 is 0.797 bits per heavy atom. The molecule has 4 atom stereocenters. The van der Waals surface area contributed by atoms with Gasteiger partial charge in [-0.3, -0.25) is 4.79 Å². The summed E-state index contributed by atoms with van der Waals surface area (Å²) in [5, 5.41) is 0. The van der Waals surface area contributed by atoms with Gasteiger partial charge in [-0.05, 0) is 292 Å². The van der Waals surface area contributed by atoms with Gasteiger partial charge in [-0.15, -0.1) is 0 Å². The number of fused-ring (bicyclic) bond motifs is 1. The lowest BCUT2D eigenvalue weighted by Crippen LogP contribution is -2.34. The first kappa shape index (κ1) is 107. The molecule has 2 aliphatic heterocycles. The van der Waals surface area contributed by atoms with Crippen LogP contribution in [-0.2, 0) is 80.8 Å². The van der Waals surface area contributed by atoms with E-state index in [2.05, 4.69) is 31.1 Å². The molecule has 0 aliphatic carbocycles. The van der Waals surface area contributed by atoms with E-state index in [-0.39, 0.29) is 103 Å². The van der Waals surface area contributed by atoms with Gasteiger partial charge in [-0.25, -0.2) is 62.3 Å². The fourth-order valence-corrected chi connectivity index (χ4v) is 11.7. The van der Waals surface area contributed by atoms with Crippen LogP contribution in [0.3, 0.4) is 0 Å². The summed E-state index contributed by atoms with van der Waals surface area (Å²) >= 11 is 0. The number of carbonyl (C=O) groups is 14. The molecule has 34 heteroatoms. The highest BCUT2D eigenvalue weighted by Gasteiger charge is 2.50. The maximum absolute atomic E-state index is 12.6. The van der Waals surface area contributed by atoms with E-state index in [0.717, 1.165) is 106 Å². The standard InChI is InChI=1S/C31H34O12.C25H26O8.C25H28O7.C18H22O7/c1-3-26(32)37-16-6-4-5-7-17-38-31(35)42-23-14-10-20(11-15-23)29(33)41-22-12-8-21(9-13-22)30(34)43-25-19-40-27-24(36-2)18-39-28(25)27;1-3-23(27)30-16-6-4-5-7-17-31-25(29)33-22-14-10-20(11-15-22)24(28)32-21-12-8-19(9-13-21)18(2)26;1-4-23(26)29-15-7-5-6-8-16-30-25(28)32-21-13-10-20(11-14-21)24(27)31-22-12-9-18(2)19(3)17-22;1-3-16(19)23-12-6-4-5-7-13-24-18(21)25-15-10-8-14(9-11-15)17(20)22-2/h3,8-15,24-25,27-28H,1,4-7,16-19H2,2H3;3,8-15H,1,4-7,16-17H2,2H3;4,9-14,17H,1,5-8,15-16H2,2-3H3;3,8-11H,1,4-7,12-13H2,2H3/t24-,25+,27?,28?;;;/m1.../s1. The van der Waals surface area contributed by atoms with E-state index in [1.165, 1.54) is 135 Å². The summed E-state index contributed by atoms with van der Waals surface area (Å²) < 4.78 is 103. The zero-order valence-corrected chi connectivity index (χ0v) is 74.8. The maximum atomic E-state index is 12.6. The van der Waals surface area contributed by atoms with Gasteiger partial charge in [0.15, 0.2) is 11.9 Å². The highest BCUT2D eigenvalue weighted by atomic mass is 16.7. The summed E-state index contributed by atoms with van der Waals surface area (Å²) in [6.45, 7) is 21.5. The molecule has 0 N–H and O–H groups in total. The quantitative estimate of drug-likeness (QED) is 0.00650. The number of carbonyl (C=O) groups excluding carboxylic acids is 14.